The van der Waals surface area contributed by atoms with E-state index in [0.29, 0.717) is 44.1 Å². The van der Waals surface area contributed by atoms with E-state index >= 15 is 0 Å². The number of rotatable bonds is 14. The maximum absolute atomic E-state index is 12.6. The summed E-state index contributed by atoms with van der Waals surface area (Å²) in [4.78, 5) is 12.6. The molecule has 4 rings (SSSR count). The van der Waals surface area contributed by atoms with Crippen molar-refractivity contribution in [2.45, 2.75) is 32.2 Å². The van der Waals surface area contributed by atoms with Crippen LogP contribution in [0.15, 0.2) is 103 Å². The predicted octanol–water partition coefficient (Wildman–Crippen LogP) is 6.29. The quantitative estimate of drug-likeness (QED) is 0.210. The number of carbonyl (C=O) groups is 1. The molecule has 1 unspecified atom stereocenters. The van der Waals surface area contributed by atoms with Crippen molar-refractivity contribution in [2.24, 2.45) is 0 Å². The summed E-state index contributed by atoms with van der Waals surface area (Å²) in [6.45, 7) is 1.33. The smallest absolute Gasteiger partial charge is 0.220 e. The number of methoxy groups -OCH3 is 2. The molecule has 0 fully saturated rings. The molecule has 0 saturated heterocycles. The van der Waals surface area contributed by atoms with Gasteiger partial charge in [-0.3, -0.25) is 4.79 Å². The summed E-state index contributed by atoms with van der Waals surface area (Å²) in [7, 11) is 3.24. The minimum absolute atomic E-state index is 0.0313. The molecule has 0 heterocycles. The Morgan fingerprint density at radius 2 is 1.36 bits per heavy atom. The Hall–Kier alpha value is -4.29. The van der Waals surface area contributed by atoms with E-state index in [1.807, 2.05) is 103 Å². The molecule has 0 radical (unpaired) electrons. The van der Waals surface area contributed by atoms with Crippen LogP contribution in [-0.2, 0) is 29.2 Å². The molecule has 0 aliphatic carbocycles. The van der Waals surface area contributed by atoms with E-state index < -0.39 is 0 Å². The fourth-order valence-electron chi connectivity index (χ4n) is 4.12. The Morgan fingerprint density at radius 1 is 0.718 bits per heavy atom. The third kappa shape index (κ3) is 8.62. The first-order valence-corrected chi connectivity index (χ1v) is 13.0. The van der Waals surface area contributed by atoms with Crippen molar-refractivity contribution in [1.82, 2.24) is 5.32 Å². The van der Waals surface area contributed by atoms with E-state index in [4.69, 9.17) is 18.9 Å². The minimum atomic E-state index is -0.313. The molecule has 6 heteroatoms. The van der Waals surface area contributed by atoms with Crippen LogP contribution >= 0.6 is 0 Å². The molecule has 39 heavy (non-hydrogen) atoms. The number of amides is 1. The maximum Gasteiger partial charge on any atom is 0.220 e. The zero-order chi connectivity index (χ0) is 27.3. The lowest BCUT2D eigenvalue weighted by Gasteiger charge is -2.19. The molecular weight excluding hydrogens is 490 g/mol. The zero-order valence-electron chi connectivity index (χ0n) is 22.5. The molecule has 0 bridgehead atoms. The van der Waals surface area contributed by atoms with Gasteiger partial charge in [0.05, 0.1) is 13.2 Å². The van der Waals surface area contributed by atoms with Gasteiger partial charge in [0.25, 0.3) is 0 Å². The lowest BCUT2D eigenvalue weighted by Crippen LogP contribution is -2.29. The Kier molecular flexibility index (Phi) is 10.4. The molecule has 1 amide bonds. The summed E-state index contributed by atoms with van der Waals surface area (Å²) in [5, 5.41) is 2.99. The van der Waals surface area contributed by atoms with Crippen molar-refractivity contribution < 1.29 is 23.7 Å². The molecule has 0 aliphatic heterocycles. The Labute approximate surface area is 230 Å². The second-order valence-corrected chi connectivity index (χ2v) is 9.13. The van der Waals surface area contributed by atoms with Crippen LogP contribution < -0.4 is 19.5 Å². The van der Waals surface area contributed by atoms with Crippen LogP contribution in [0.25, 0.3) is 0 Å². The van der Waals surface area contributed by atoms with E-state index in [1.54, 1.807) is 14.2 Å². The van der Waals surface area contributed by atoms with Crippen molar-refractivity contribution in [3.05, 3.63) is 125 Å². The van der Waals surface area contributed by atoms with E-state index in [9.17, 15) is 4.79 Å². The molecule has 0 spiro atoms. The van der Waals surface area contributed by atoms with Crippen LogP contribution in [0.2, 0.25) is 0 Å². The largest absolute Gasteiger partial charge is 0.493 e. The van der Waals surface area contributed by atoms with Gasteiger partial charge in [0.15, 0.2) is 11.5 Å². The molecule has 0 aliphatic rings. The highest BCUT2D eigenvalue weighted by molar-refractivity contribution is 5.76. The van der Waals surface area contributed by atoms with E-state index in [-0.39, 0.29) is 12.0 Å². The van der Waals surface area contributed by atoms with Gasteiger partial charge < -0.3 is 24.3 Å². The average molecular weight is 526 g/mol. The predicted molar refractivity (Wildman–Crippen MR) is 152 cm³/mol. The normalized spacial score (nSPS) is 11.4. The van der Waals surface area contributed by atoms with Crippen molar-refractivity contribution in [1.29, 1.82) is 0 Å². The number of hydrogen-bond donors (Lipinski definition) is 1. The molecule has 202 valence electrons. The van der Waals surface area contributed by atoms with Gasteiger partial charge in [-0.2, -0.15) is 0 Å². The fraction of sp³-hybridized carbons (Fsp3) is 0.242. The maximum atomic E-state index is 12.6. The number of aryl methyl sites for hydroxylation is 1. The van der Waals surface area contributed by atoms with Gasteiger partial charge in [0.2, 0.25) is 5.91 Å². The third-order valence-electron chi connectivity index (χ3n) is 6.38. The summed E-state index contributed by atoms with van der Waals surface area (Å²) in [6, 6.07) is 33.6. The fourth-order valence-corrected chi connectivity index (χ4v) is 4.12. The molecular formula is C33H35NO5. The van der Waals surface area contributed by atoms with Gasteiger partial charge in [0, 0.05) is 20.1 Å². The van der Waals surface area contributed by atoms with Crippen molar-refractivity contribution in [3.8, 4) is 17.2 Å². The Balaban J connectivity index is 1.23. The minimum Gasteiger partial charge on any atom is -0.493 e. The van der Waals surface area contributed by atoms with Crippen molar-refractivity contribution in [2.75, 3.05) is 20.8 Å². The molecule has 1 N–H and O–H groups in total. The SMILES string of the molecule is COc1cc(C(CNC(=O)CCc2ccc(OCc3ccccc3)cc2)OC)ccc1OCc1ccccc1. The number of nitrogens with one attached hydrogen (secondary N) is 1. The summed E-state index contributed by atoms with van der Waals surface area (Å²) < 4.78 is 23.0. The van der Waals surface area contributed by atoms with Crippen molar-refractivity contribution in [3.63, 3.8) is 0 Å². The second-order valence-electron chi connectivity index (χ2n) is 9.13. The van der Waals surface area contributed by atoms with Gasteiger partial charge in [-0.15, -0.1) is 0 Å². The molecule has 4 aromatic rings. The summed E-state index contributed by atoms with van der Waals surface area (Å²) in [5.74, 6) is 2.05. The van der Waals surface area contributed by atoms with Crippen LogP contribution in [0.5, 0.6) is 17.2 Å². The highest BCUT2D eigenvalue weighted by Gasteiger charge is 2.16. The van der Waals surface area contributed by atoms with Gasteiger partial charge >= 0.3 is 0 Å². The van der Waals surface area contributed by atoms with Crippen molar-refractivity contribution >= 4 is 5.91 Å². The van der Waals surface area contributed by atoms with Crippen LogP contribution in [0.1, 0.15) is 34.8 Å². The monoisotopic (exact) mass is 525 g/mol. The number of carbonyl (C=O) groups excluding carboxylic acids is 1. The lowest BCUT2D eigenvalue weighted by atomic mass is 10.1. The van der Waals surface area contributed by atoms with Gasteiger partial charge in [-0.1, -0.05) is 78.9 Å². The first kappa shape index (κ1) is 27.7. The molecule has 4 aromatic carbocycles. The standard InChI is InChI=1S/C33H35NO5/c1-36-31-21-28(16-19-30(31)39-24-27-11-7-4-8-12-27)32(37-2)22-34-33(35)20-15-25-13-17-29(18-14-25)38-23-26-9-5-3-6-10-26/h3-14,16-19,21,32H,15,20,22-24H2,1-2H3,(H,34,35). The highest BCUT2D eigenvalue weighted by Crippen LogP contribution is 2.31. The molecule has 1 atom stereocenters. The van der Waals surface area contributed by atoms with E-state index in [2.05, 4.69) is 5.32 Å². The Bertz CT molecular complexity index is 1290. The molecule has 6 nitrogen and oxygen atoms in total. The summed E-state index contributed by atoms with van der Waals surface area (Å²) in [6.07, 6.45) is 0.715. The lowest BCUT2D eigenvalue weighted by molar-refractivity contribution is -0.121. The summed E-state index contributed by atoms with van der Waals surface area (Å²) in [5.41, 5.74) is 4.18. The van der Waals surface area contributed by atoms with Gasteiger partial charge in [0.1, 0.15) is 19.0 Å². The van der Waals surface area contributed by atoms with Crippen LogP contribution in [0.3, 0.4) is 0 Å². The van der Waals surface area contributed by atoms with Gasteiger partial charge in [-0.05, 0) is 52.9 Å². The molecule has 0 saturated carbocycles. The topological polar surface area (TPSA) is 66.0 Å². The first-order chi connectivity index (χ1) is 19.1. The van der Waals surface area contributed by atoms with Crippen LogP contribution in [0.4, 0.5) is 0 Å². The number of benzene rings is 4. The average Bonchev–Trinajstić information content (AvgIpc) is 3.00. The number of hydrogen-bond acceptors (Lipinski definition) is 5. The van der Waals surface area contributed by atoms with Crippen LogP contribution in [-0.4, -0.2) is 26.7 Å². The van der Waals surface area contributed by atoms with Crippen LogP contribution in [0, 0.1) is 0 Å². The first-order valence-electron chi connectivity index (χ1n) is 13.0. The van der Waals surface area contributed by atoms with Gasteiger partial charge in [-0.25, -0.2) is 0 Å². The zero-order valence-corrected chi connectivity index (χ0v) is 22.5. The highest BCUT2D eigenvalue weighted by atomic mass is 16.5. The third-order valence-corrected chi connectivity index (χ3v) is 6.38. The second kappa shape index (κ2) is 14.6. The summed E-state index contributed by atoms with van der Waals surface area (Å²) >= 11 is 0. The Morgan fingerprint density at radius 3 is 1.97 bits per heavy atom. The number of ether oxygens (including phenoxy) is 4. The van der Waals surface area contributed by atoms with E-state index in [1.165, 1.54) is 0 Å². The molecule has 0 aromatic heterocycles. The van der Waals surface area contributed by atoms with E-state index in [0.717, 1.165) is 28.0 Å².